The van der Waals surface area contributed by atoms with E-state index in [4.69, 9.17) is 22.1 Å². The van der Waals surface area contributed by atoms with Crippen LogP contribution in [0.4, 0.5) is 5.00 Å². The van der Waals surface area contributed by atoms with Gasteiger partial charge in [0.15, 0.2) is 0 Å². The normalized spacial score (nSPS) is 18.3. The van der Waals surface area contributed by atoms with Gasteiger partial charge in [-0.1, -0.05) is 11.6 Å². The molecule has 4 nitrogen and oxygen atoms in total. The summed E-state index contributed by atoms with van der Waals surface area (Å²) in [5.41, 5.74) is 5.02. The number of carbonyl (C=O) groups excluding carboxylic acids is 1. The van der Waals surface area contributed by atoms with Crippen LogP contribution in [0.2, 0.25) is 4.34 Å². The highest BCUT2D eigenvalue weighted by Crippen LogP contribution is 2.31. The summed E-state index contributed by atoms with van der Waals surface area (Å²) in [5.74, 6) is -0.0882. The predicted molar refractivity (Wildman–Crippen MR) is 60.3 cm³/mol. The van der Waals surface area contributed by atoms with Gasteiger partial charge in [-0.2, -0.15) is 0 Å². The van der Waals surface area contributed by atoms with Crippen LogP contribution in [0.3, 0.4) is 0 Å². The molecular weight excluding hydrogens is 236 g/mol. The molecule has 0 saturated carbocycles. The van der Waals surface area contributed by atoms with Crippen molar-refractivity contribution < 1.29 is 9.53 Å². The van der Waals surface area contributed by atoms with Crippen molar-refractivity contribution in [1.82, 2.24) is 0 Å². The van der Waals surface area contributed by atoms with Crippen molar-refractivity contribution in [3.8, 4) is 0 Å². The molecule has 15 heavy (non-hydrogen) atoms. The monoisotopic (exact) mass is 246 g/mol. The van der Waals surface area contributed by atoms with E-state index in [-0.39, 0.29) is 5.91 Å². The molecule has 0 unspecified atom stereocenters. The molecule has 1 aromatic rings. The van der Waals surface area contributed by atoms with Crippen LogP contribution < -0.4 is 11.1 Å². The first kappa shape index (κ1) is 10.9. The minimum absolute atomic E-state index is 0.0882. The highest BCUT2D eigenvalue weighted by Gasteiger charge is 2.44. The quantitative estimate of drug-likeness (QED) is 0.845. The van der Waals surface area contributed by atoms with E-state index in [0.29, 0.717) is 24.1 Å². The van der Waals surface area contributed by atoms with E-state index >= 15 is 0 Å². The number of anilines is 1. The molecule has 2 rings (SSSR count). The van der Waals surface area contributed by atoms with Gasteiger partial charge in [-0.05, 0) is 12.1 Å². The Morgan fingerprint density at radius 2 is 2.40 bits per heavy atom. The lowest BCUT2D eigenvalue weighted by atomic mass is 9.85. The molecule has 1 aromatic heterocycles. The Balaban J connectivity index is 2.03. The number of thiophene rings is 1. The van der Waals surface area contributed by atoms with Crippen LogP contribution in [0.15, 0.2) is 12.1 Å². The Kier molecular flexibility index (Phi) is 2.97. The second-order valence-corrected chi connectivity index (χ2v) is 5.25. The van der Waals surface area contributed by atoms with Crippen LogP contribution in [-0.4, -0.2) is 25.7 Å². The van der Waals surface area contributed by atoms with Gasteiger partial charge in [-0.3, -0.25) is 4.79 Å². The maximum atomic E-state index is 11.8. The van der Waals surface area contributed by atoms with Crippen molar-refractivity contribution in [2.75, 3.05) is 25.1 Å². The van der Waals surface area contributed by atoms with Gasteiger partial charge in [0.25, 0.3) is 0 Å². The maximum Gasteiger partial charge on any atom is 0.237 e. The van der Waals surface area contributed by atoms with E-state index < -0.39 is 5.41 Å². The van der Waals surface area contributed by atoms with E-state index in [0.717, 1.165) is 5.00 Å². The number of amides is 1. The molecule has 2 heterocycles. The van der Waals surface area contributed by atoms with Crippen molar-refractivity contribution in [2.24, 2.45) is 11.1 Å². The highest BCUT2D eigenvalue weighted by molar-refractivity contribution is 7.20. The summed E-state index contributed by atoms with van der Waals surface area (Å²) < 4.78 is 5.68. The minimum Gasteiger partial charge on any atom is -0.379 e. The topological polar surface area (TPSA) is 64.4 Å². The Hall–Kier alpha value is -0.620. The molecule has 1 fully saturated rings. The zero-order valence-electron chi connectivity index (χ0n) is 7.96. The Morgan fingerprint density at radius 3 is 2.80 bits per heavy atom. The smallest absolute Gasteiger partial charge is 0.237 e. The van der Waals surface area contributed by atoms with Crippen molar-refractivity contribution in [3.05, 3.63) is 16.5 Å². The van der Waals surface area contributed by atoms with E-state index in [9.17, 15) is 4.79 Å². The molecule has 1 amide bonds. The van der Waals surface area contributed by atoms with Gasteiger partial charge >= 0.3 is 0 Å². The average Bonchev–Trinajstić information content (AvgIpc) is 2.50. The first-order valence-corrected chi connectivity index (χ1v) is 5.70. The molecule has 1 aliphatic heterocycles. The number of hydrogen-bond donors (Lipinski definition) is 2. The van der Waals surface area contributed by atoms with Crippen LogP contribution in [-0.2, 0) is 9.53 Å². The molecule has 0 radical (unpaired) electrons. The summed E-state index contributed by atoms with van der Waals surface area (Å²) in [7, 11) is 0. The number of hydrogen-bond acceptors (Lipinski definition) is 4. The molecule has 82 valence electrons. The third-order valence-corrected chi connectivity index (χ3v) is 3.59. The lowest BCUT2D eigenvalue weighted by Crippen LogP contribution is -2.56. The SMILES string of the molecule is NCC1(C(=O)Nc2ccc(Cl)s2)COC1. The fourth-order valence-corrected chi connectivity index (χ4v) is 2.25. The molecular formula is C9H11ClN2O2S. The Bertz CT molecular complexity index is 370. The van der Waals surface area contributed by atoms with Gasteiger partial charge in [0.1, 0.15) is 5.41 Å². The standard InChI is InChI=1S/C9H11ClN2O2S/c10-6-1-2-7(15-6)12-8(13)9(3-11)4-14-5-9/h1-2H,3-5,11H2,(H,12,13). The zero-order chi connectivity index (χ0) is 10.9. The van der Waals surface area contributed by atoms with E-state index in [2.05, 4.69) is 5.32 Å². The average molecular weight is 247 g/mol. The van der Waals surface area contributed by atoms with Gasteiger partial charge in [0.2, 0.25) is 5.91 Å². The number of halogens is 1. The fourth-order valence-electron chi connectivity index (χ4n) is 1.32. The lowest BCUT2D eigenvalue weighted by Gasteiger charge is -2.38. The second-order valence-electron chi connectivity index (χ2n) is 3.54. The third-order valence-electron chi connectivity index (χ3n) is 2.44. The van der Waals surface area contributed by atoms with Gasteiger partial charge < -0.3 is 15.8 Å². The van der Waals surface area contributed by atoms with E-state index in [1.807, 2.05) is 0 Å². The van der Waals surface area contributed by atoms with E-state index in [1.165, 1.54) is 11.3 Å². The van der Waals surface area contributed by atoms with Gasteiger partial charge in [-0.15, -0.1) is 11.3 Å². The number of nitrogens with one attached hydrogen (secondary N) is 1. The Labute approximate surface area is 96.4 Å². The van der Waals surface area contributed by atoms with Gasteiger partial charge in [0, 0.05) is 6.54 Å². The highest BCUT2D eigenvalue weighted by atomic mass is 35.5. The summed E-state index contributed by atoms with van der Waals surface area (Å²) in [6, 6.07) is 3.52. The maximum absolute atomic E-state index is 11.8. The molecule has 0 spiro atoms. The largest absolute Gasteiger partial charge is 0.379 e. The summed E-state index contributed by atoms with van der Waals surface area (Å²) in [5, 5.41) is 3.53. The number of nitrogens with two attached hydrogens (primary N) is 1. The van der Waals surface area contributed by atoms with Gasteiger partial charge in [0.05, 0.1) is 22.6 Å². The van der Waals surface area contributed by atoms with E-state index in [1.54, 1.807) is 12.1 Å². The zero-order valence-corrected chi connectivity index (χ0v) is 9.53. The number of ether oxygens (including phenoxy) is 1. The lowest BCUT2D eigenvalue weighted by molar-refractivity contribution is -0.153. The number of carbonyl (C=O) groups is 1. The summed E-state index contributed by atoms with van der Waals surface area (Å²) in [6.45, 7) is 1.10. The molecule has 1 aliphatic rings. The summed E-state index contributed by atoms with van der Waals surface area (Å²) in [4.78, 5) is 11.8. The minimum atomic E-state index is -0.545. The molecule has 1 saturated heterocycles. The summed E-state index contributed by atoms with van der Waals surface area (Å²) in [6.07, 6.45) is 0. The van der Waals surface area contributed by atoms with Crippen LogP contribution in [0.1, 0.15) is 0 Å². The molecule has 0 bridgehead atoms. The van der Waals surface area contributed by atoms with Crippen LogP contribution in [0.5, 0.6) is 0 Å². The van der Waals surface area contributed by atoms with Crippen LogP contribution in [0.25, 0.3) is 0 Å². The second kappa shape index (κ2) is 4.09. The third kappa shape index (κ3) is 2.01. The molecule has 0 atom stereocenters. The first-order valence-electron chi connectivity index (χ1n) is 4.51. The van der Waals surface area contributed by atoms with Crippen molar-refractivity contribution in [1.29, 1.82) is 0 Å². The molecule has 0 aliphatic carbocycles. The molecule has 6 heteroatoms. The molecule has 3 N–H and O–H groups in total. The van der Waals surface area contributed by atoms with Crippen LogP contribution in [0, 0.1) is 5.41 Å². The van der Waals surface area contributed by atoms with Crippen molar-refractivity contribution in [3.63, 3.8) is 0 Å². The van der Waals surface area contributed by atoms with Crippen LogP contribution >= 0.6 is 22.9 Å². The molecule has 0 aromatic carbocycles. The van der Waals surface area contributed by atoms with Gasteiger partial charge in [-0.25, -0.2) is 0 Å². The Morgan fingerprint density at radius 1 is 1.67 bits per heavy atom. The fraction of sp³-hybridized carbons (Fsp3) is 0.444. The van der Waals surface area contributed by atoms with Crippen molar-refractivity contribution in [2.45, 2.75) is 0 Å². The predicted octanol–water partition coefficient (Wildman–Crippen LogP) is 1.32. The number of rotatable bonds is 3. The van der Waals surface area contributed by atoms with Crippen molar-refractivity contribution >= 4 is 33.8 Å². The first-order chi connectivity index (χ1) is 7.16. The summed E-state index contributed by atoms with van der Waals surface area (Å²) >= 11 is 7.09.